The van der Waals surface area contributed by atoms with Crippen LogP contribution in [0.2, 0.25) is 0 Å². The Morgan fingerprint density at radius 2 is 2.06 bits per heavy atom. The average molecular weight is 270 g/mol. The highest BCUT2D eigenvalue weighted by Crippen LogP contribution is 2.22. The summed E-state index contributed by atoms with van der Waals surface area (Å²) in [6.07, 6.45) is 1.08. The monoisotopic (exact) mass is 270 g/mol. The van der Waals surface area contributed by atoms with Gasteiger partial charge in [0.25, 0.3) is 0 Å². The van der Waals surface area contributed by atoms with E-state index in [1.807, 2.05) is 11.3 Å². The summed E-state index contributed by atoms with van der Waals surface area (Å²) < 4.78 is 5.05. The van der Waals surface area contributed by atoms with E-state index in [0.29, 0.717) is 11.8 Å². The van der Waals surface area contributed by atoms with E-state index in [-0.39, 0.29) is 0 Å². The Hall–Kier alpha value is -0.450. The van der Waals surface area contributed by atoms with Crippen molar-refractivity contribution in [2.24, 2.45) is 11.8 Å². The number of thiazole rings is 1. The van der Waals surface area contributed by atoms with Crippen molar-refractivity contribution < 1.29 is 4.74 Å². The van der Waals surface area contributed by atoms with Crippen molar-refractivity contribution in [1.29, 1.82) is 0 Å². The zero-order valence-corrected chi connectivity index (χ0v) is 13.1. The van der Waals surface area contributed by atoms with E-state index >= 15 is 0 Å². The highest BCUT2D eigenvalue weighted by molar-refractivity contribution is 7.11. The molecule has 0 bridgehead atoms. The Balaban J connectivity index is 2.47. The molecule has 0 aromatic carbocycles. The standard InChI is InChI=1S/C14H26N2OS/c1-10(2)13(9-15-6-7-17-5)8-14-16-11(3)12(4)18-14/h10,13,15H,6-9H2,1-5H3. The highest BCUT2D eigenvalue weighted by Gasteiger charge is 2.16. The first-order valence-corrected chi connectivity index (χ1v) is 7.48. The number of aromatic nitrogens is 1. The molecule has 1 unspecified atom stereocenters. The van der Waals surface area contributed by atoms with Crippen molar-refractivity contribution in [2.45, 2.75) is 34.1 Å². The maximum atomic E-state index is 5.05. The molecule has 0 saturated heterocycles. The molecule has 4 heteroatoms. The van der Waals surface area contributed by atoms with Crippen LogP contribution in [0.4, 0.5) is 0 Å². The molecule has 104 valence electrons. The number of aryl methyl sites for hydroxylation is 2. The van der Waals surface area contributed by atoms with Crippen molar-refractivity contribution in [2.75, 3.05) is 26.8 Å². The quantitative estimate of drug-likeness (QED) is 0.738. The van der Waals surface area contributed by atoms with E-state index in [4.69, 9.17) is 4.74 Å². The van der Waals surface area contributed by atoms with E-state index in [9.17, 15) is 0 Å². The number of rotatable bonds is 8. The van der Waals surface area contributed by atoms with Gasteiger partial charge in [-0.3, -0.25) is 0 Å². The second-order valence-corrected chi connectivity index (χ2v) is 6.44. The summed E-state index contributed by atoms with van der Waals surface area (Å²) in [7, 11) is 1.74. The third-order valence-corrected chi connectivity index (χ3v) is 4.44. The number of nitrogens with zero attached hydrogens (tertiary/aromatic N) is 1. The van der Waals surface area contributed by atoms with Crippen molar-refractivity contribution in [1.82, 2.24) is 10.3 Å². The van der Waals surface area contributed by atoms with Gasteiger partial charge in [0.1, 0.15) is 0 Å². The molecule has 3 nitrogen and oxygen atoms in total. The van der Waals surface area contributed by atoms with Gasteiger partial charge in [-0.1, -0.05) is 13.8 Å². The van der Waals surface area contributed by atoms with Crippen LogP contribution >= 0.6 is 11.3 Å². The second-order valence-electron chi connectivity index (χ2n) is 5.15. The van der Waals surface area contributed by atoms with E-state index in [2.05, 4.69) is 38.0 Å². The molecule has 0 radical (unpaired) electrons. The fraction of sp³-hybridized carbons (Fsp3) is 0.786. The maximum Gasteiger partial charge on any atom is 0.0934 e. The van der Waals surface area contributed by atoms with Crippen LogP contribution in [-0.4, -0.2) is 31.8 Å². The van der Waals surface area contributed by atoms with Crippen molar-refractivity contribution in [3.8, 4) is 0 Å². The van der Waals surface area contributed by atoms with Crippen LogP contribution in [-0.2, 0) is 11.2 Å². The third kappa shape index (κ3) is 5.04. The SMILES string of the molecule is COCCNCC(Cc1nc(C)c(C)s1)C(C)C. The van der Waals surface area contributed by atoms with Gasteiger partial charge in [0.15, 0.2) is 0 Å². The normalized spacial score (nSPS) is 13.2. The molecule has 1 N–H and O–H groups in total. The predicted octanol–water partition coefficient (Wildman–Crippen LogP) is 2.81. The lowest BCUT2D eigenvalue weighted by atomic mass is 9.93. The number of ether oxygens (including phenoxy) is 1. The van der Waals surface area contributed by atoms with Crippen LogP contribution in [0.1, 0.15) is 29.4 Å². The van der Waals surface area contributed by atoms with Gasteiger partial charge in [-0.2, -0.15) is 0 Å². The highest BCUT2D eigenvalue weighted by atomic mass is 32.1. The van der Waals surface area contributed by atoms with Crippen LogP contribution in [0, 0.1) is 25.7 Å². The lowest BCUT2D eigenvalue weighted by molar-refractivity contribution is 0.196. The molecule has 1 atom stereocenters. The molecule has 0 aliphatic heterocycles. The van der Waals surface area contributed by atoms with E-state index < -0.39 is 0 Å². The number of hydrogen-bond donors (Lipinski definition) is 1. The molecule has 0 amide bonds. The van der Waals surface area contributed by atoms with Gasteiger partial charge >= 0.3 is 0 Å². The zero-order valence-electron chi connectivity index (χ0n) is 12.2. The van der Waals surface area contributed by atoms with Crippen molar-refractivity contribution in [3.63, 3.8) is 0 Å². The minimum absolute atomic E-state index is 0.645. The molecule has 0 saturated carbocycles. The van der Waals surface area contributed by atoms with E-state index in [0.717, 1.165) is 26.1 Å². The molecule has 0 fully saturated rings. The summed E-state index contributed by atoms with van der Waals surface area (Å²) in [5.41, 5.74) is 1.19. The van der Waals surface area contributed by atoms with Crippen LogP contribution in [0.25, 0.3) is 0 Å². The van der Waals surface area contributed by atoms with Crippen molar-refractivity contribution in [3.05, 3.63) is 15.6 Å². The van der Waals surface area contributed by atoms with Crippen LogP contribution < -0.4 is 5.32 Å². The lowest BCUT2D eigenvalue weighted by Crippen LogP contribution is -2.30. The summed E-state index contributed by atoms with van der Waals surface area (Å²) in [5.74, 6) is 1.32. The molecular weight excluding hydrogens is 244 g/mol. The van der Waals surface area contributed by atoms with Gasteiger partial charge in [-0.15, -0.1) is 11.3 Å². The Kier molecular flexibility index (Phi) is 6.82. The minimum Gasteiger partial charge on any atom is -0.383 e. The first-order chi connectivity index (χ1) is 8.54. The van der Waals surface area contributed by atoms with E-state index in [1.165, 1.54) is 15.6 Å². The summed E-state index contributed by atoms with van der Waals surface area (Å²) in [6, 6.07) is 0. The molecule has 0 spiro atoms. The summed E-state index contributed by atoms with van der Waals surface area (Å²) in [4.78, 5) is 5.99. The number of nitrogens with one attached hydrogen (secondary N) is 1. The molecule has 0 aliphatic rings. The van der Waals surface area contributed by atoms with Gasteiger partial charge in [-0.05, 0) is 32.2 Å². The fourth-order valence-electron chi connectivity index (χ4n) is 1.86. The van der Waals surface area contributed by atoms with Gasteiger partial charge in [0, 0.05) is 25.0 Å². The summed E-state index contributed by atoms with van der Waals surface area (Å²) in [6.45, 7) is 11.6. The maximum absolute atomic E-state index is 5.05. The fourth-order valence-corrected chi connectivity index (χ4v) is 2.88. The Morgan fingerprint density at radius 1 is 1.33 bits per heavy atom. The Labute approximate surface area is 115 Å². The molecule has 1 rings (SSSR count). The Morgan fingerprint density at radius 3 is 2.56 bits per heavy atom. The van der Waals surface area contributed by atoms with E-state index in [1.54, 1.807) is 7.11 Å². The molecule has 1 heterocycles. The smallest absolute Gasteiger partial charge is 0.0934 e. The molecule has 18 heavy (non-hydrogen) atoms. The van der Waals surface area contributed by atoms with Crippen LogP contribution in [0.5, 0.6) is 0 Å². The van der Waals surface area contributed by atoms with Crippen molar-refractivity contribution >= 4 is 11.3 Å². The largest absolute Gasteiger partial charge is 0.383 e. The van der Waals surface area contributed by atoms with Gasteiger partial charge in [0.2, 0.25) is 0 Å². The summed E-state index contributed by atoms with van der Waals surface area (Å²) in [5, 5.41) is 4.74. The predicted molar refractivity (Wildman–Crippen MR) is 78.4 cm³/mol. The lowest BCUT2D eigenvalue weighted by Gasteiger charge is -2.20. The first-order valence-electron chi connectivity index (χ1n) is 6.67. The average Bonchev–Trinajstić information content (AvgIpc) is 2.62. The third-order valence-electron chi connectivity index (χ3n) is 3.34. The van der Waals surface area contributed by atoms with Gasteiger partial charge in [-0.25, -0.2) is 4.98 Å². The summed E-state index contributed by atoms with van der Waals surface area (Å²) >= 11 is 1.84. The first kappa shape index (κ1) is 15.6. The number of hydrogen-bond acceptors (Lipinski definition) is 4. The molecule has 1 aromatic heterocycles. The minimum atomic E-state index is 0.645. The molecule has 0 aliphatic carbocycles. The second kappa shape index (κ2) is 7.87. The van der Waals surface area contributed by atoms with Crippen LogP contribution in [0.15, 0.2) is 0 Å². The van der Waals surface area contributed by atoms with Gasteiger partial charge in [0.05, 0.1) is 17.3 Å². The van der Waals surface area contributed by atoms with Crippen LogP contribution in [0.3, 0.4) is 0 Å². The van der Waals surface area contributed by atoms with Gasteiger partial charge < -0.3 is 10.1 Å². The molecular formula is C14H26N2OS. The topological polar surface area (TPSA) is 34.1 Å². The zero-order chi connectivity index (χ0) is 13.5. The Bertz CT molecular complexity index is 330. The number of methoxy groups -OCH3 is 1. The molecule has 1 aromatic rings.